The van der Waals surface area contributed by atoms with Crippen LogP contribution in [0.5, 0.6) is 5.75 Å². The number of ketones is 1. The summed E-state index contributed by atoms with van der Waals surface area (Å²) in [6.07, 6.45) is 0. The van der Waals surface area contributed by atoms with Crippen molar-refractivity contribution in [1.82, 2.24) is 0 Å². The predicted molar refractivity (Wildman–Crippen MR) is 77.0 cm³/mol. The van der Waals surface area contributed by atoms with E-state index >= 15 is 0 Å². The van der Waals surface area contributed by atoms with Crippen molar-refractivity contribution in [3.8, 4) is 5.75 Å². The number of carbonyl (C=O) groups is 1. The minimum absolute atomic E-state index is 0.0525. The van der Waals surface area contributed by atoms with Crippen LogP contribution in [-0.2, 0) is 0 Å². The van der Waals surface area contributed by atoms with Crippen molar-refractivity contribution in [1.29, 1.82) is 0 Å². The predicted octanol–water partition coefficient (Wildman–Crippen LogP) is 3.15. The molecular weight excluding hydrogens is 257 g/mol. The third-order valence-corrected chi connectivity index (χ3v) is 3.06. The third-order valence-electron chi connectivity index (χ3n) is 3.06. The summed E-state index contributed by atoms with van der Waals surface area (Å²) in [5, 5.41) is 0. The average Bonchev–Trinajstić information content (AvgIpc) is 2.48. The molecule has 0 fully saturated rings. The molecule has 20 heavy (non-hydrogen) atoms. The van der Waals surface area contributed by atoms with E-state index in [9.17, 15) is 9.18 Å². The van der Waals surface area contributed by atoms with Gasteiger partial charge < -0.3 is 9.64 Å². The minimum atomic E-state index is -0.343. The fourth-order valence-corrected chi connectivity index (χ4v) is 1.87. The number of likely N-dealkylation sites (N-methyl/N-ethyl adjacent to an activating group) is 1. The lowest BCUT2D eigenvalue weighted by Gasteiger charge is -2.18. The maximum absolute atomic E-state index is 12.8. The Balaban J connectivity index is 2.04. The van der Waals surface area contributed by atoms with E-state index in [1.54, 1.807) is 7.11 Å². The van der Waals surface area contributed by atoms with Gasteiger partial charge in [-0.2, -0.15) is 0 Å². The molecular formula is C16H16FNO2. The van der Waals surface area contributed by atoms with Crippen LogP contribution in [0.4, 0.5) is 10.1 Å². The van der Waals surface area contributed by atoms with E-state index in [1.165, 1.54) is 24.3 Å². The molecule has 0 saturated carbocycles. The zero-order valence-electron chi connectivity index (χ0n) is 11.5. The molecule has 0 radical (unpaired) electrons. The Bertz CT molecular complexity index is 578. The maximum atomic E-state index is 12.8. The van der Waals surface area contributed by atoms with Gasteiger partial charge in [0.05, 0.1) is 13.7 Å². The summed E-state index contributed by atoms with van der Waals surface area (Å²) in [4.78, 5) is 13.9. The van der Waals surface area contributed by atoms with Gasteiger partial charge in [-0.1, -0.05) is 0 Å². The van der Waals surface area contributed by atoms with E-state index in [0.717, 1.165) is 11.4 Å². The number of hydrogen-bond acceptors (Lipinski definition) is 3. The molecule has 2 aromatic rings. The van der Waals surface area contributed by atoms with Crippen LogP contribution in [0.1, 0.15) is 10.4 Å². The second-order valence-corrected chi connectivity index (χ2v) is 4.48. The van der Waals surface area contributed by atoms with Crippen LogP contribution in [0, 0.1) is 5.82 Å². The van der Waals surface area contributed by atoms with E-state index in [2.05, 4.69) is 0 Å². The standard InChI is InChI=1S/C16H16FNO2/c1-18(14-7-9-15(20-2)10-8-14)11-16(19)12-3-5-13(17)6-4-12/h3-10H,11H2,1-2H3. The van der Waals surface area contributed by atoms with Gasteiger partial charge in [0.2, 0.25) is 0 Å². The molecule has 2 aromatic carbocycles. The Morgan fingerprint density at radius 3 is 2.25 bits per heavy atom. The van der Waals surface area contributed by atoms with Crippen LogP contribution >= 0.6 is 0 Å². The quantitative estimate of drug-likeness (QED) is 0.784. The highest BCUT2D eigenvalue weighted by Crippen LogP contribution is 2.18. The minimum Gasteiger partial charge on any atom is -0.497 e. The first-order valence-corrected chi connectivity index (χ1v) is 6.24. The number of carbonyl (C=O) groups excluding carboxylic acids is 1. The molecule has 104 valence electrons. The fraction of sp³-hybridized carbons (Fsp3) is 0.188. The number of rotatable bonds is 5. The first kappa shape index (κ1) is 14.1. The second-order valence-electron chi connectivity index (χ2n) is 4.48. The van der Waals surface area contributed by atoms with Crippen LogP contribution in [0.3, 0.4) is 0 Å². The van der Waals surface area contributed by atoms with Crippen LogP contribution < -0.4 is 9.64 Å². The molecule has 0 unspecified atom stereocenters. The molecule has 3 nitrogen and oxygen atoms in total. The lowest BCUT2D eigenvalue weighted by Crippen LogP contribution is -2.25. The highest BCUT2D eigenvalue weighted by atomic mass is 19.1. The molecule has 0 saturated heterocycles. The van der Waals surface area contributed by atoms with Crippen LogP contribution in [-0.4, -0.2) is 26.5 Å². The van der Waals surface area contributed by atoms with Crippen molar-refractivity contribution >= 4 is 11.5 Å². The van der Waals surface area contributed by atoms with Gasteiger partial charge in [0.15, 0.2) is 5.78 Å². The maximum Gasteiger partial charge on any atom is 0.182 e. The molecule has 0 N–H and O–H groups in total. The first-order valence-electron chi connectivity index (χ1n) is 6.24. The van der Waals surface area contributed by atoms with Crippen LogP contribution in [0.2, 0.25) is 0 Å². The Kier molecular flexibility index (Phi) is 4.35. The number of benzene rings is 2. The Morgan fingerprint density at radius 2 is 1.70 bits per heavy atom. The molecule has 4 heteroatoms. The molecule has 0 heterocycles. The topological polar surface area (TPSA) is 29.5 Å². The number of halogens is 1. The number of ether oxygens (including phenoxy) is 1. The van der Waals surface area contributed by atoms with Gasteiger partial charge >= 0.3 is 0 Å². The van der Waals surface area contributed by atoms with Gasteiger partial charge in [0, 0.05) is 18.3 Å². The number of methoxy groups -OCH3 is 1. The SMILES string of the molecule is COc1ccc(N(C)CC(=O)c2ccc(F)cc2)cc1. The summed E-state index contributed by atoms with van der Waals surface area (Å²) in [6.45, 7) is 0.234. The molecule has 0 bridgehead atoms. The van der Waals surface area contributed by atoms with Crippen LogP contribution in [0.15, 0.2) is 48.5 Å². The number of anilines is 1. The van der Waals surface area contributed by atoms with Crippen molar-refractivity contribution < 1.29 is 13.9 Å². The van der Waals surface area contributed by atoms with Crippen LogP contribution in [0.25, 0.3) is 0 Å². The van der Waals surface area contributed by atoms with E-state index in [4.69, 9.17) is 4.74 Å². The molecule has 0 amide bonds. The summed E-state index contributed by atoms with van der Waals surface area (Å²) < 4.78 is 17.9. The zero-order valence-corrected chi connectivity index (χ0v) is 11.5. The Labute approximate surface area is 117 Å². The lowest BCUT2D eigenvalue weighted by molar-refractivity contribution is 0.100. The molecule has 0 aromatic heterocycles. The largest absolute Gasteiger partial charge is 0.497 e. The highest BCUT2D eigenvalue weighted by molar-refractivity contribution is 5.99. The summed E-state index contributed by atoms with van der Waals surface area (Å²) in [7, 11) is 3.44. The van der Waals surface area contributed by atoms with E-state index < -0.39 is 0 Å². The van der Waals surface area contributed by atoms with E-state index in [1.807, 2.05) is 36.2 Å². The van der Waals surface area contributed by atoms with Gasteiger partial charge in [-0.3, -0.25) is 4.79 Å². The van der Waals surface area contributed by atoms with Crippen molar-refractivity contribution in [3.63, 3.8) is 0 Å². The summed E-state index contributed by atoms with van der Waals surface area (Å²) in [5.74, 6) is 0.375. The van der Waals surface area contributed by atoms with Gasteiger partial charge in [-0.25, -0.2) is 4.39 Å². The zero-order chi connectivity index (χ0) is 14.5. The van der Waals surface area contributed by atoms with E-state index in [0.29, 0.717) is 5.56 Å². The van der Waals surface area contributed by atoms with Crippen molar-refractivity contribution in [3.05, 3.63) is 59.9 Å². The van der Waals surface area contributed by atoms with Gasteiger partial charge in [0.25, 0.3) is 0 Å². The summed E-state index contributed by atoms with van der Waals surface area (Å²) >= 11 is 0. The number of Topliss-reactive ketones (excluding diaryl/α,β-unsaturated/α-hetero) is 1. The third kappa shape index (κ3) is 3.35. The fourth-order valence-electron chi connectivity index (χ4n) is 1.87. The van der Waals surface area contributed by atoms with Crippen molar-refractivity contribution in [2.75, 3.05) is 25.6 Å². The second kappa shape index (κ2) is 6.19. The molecule has 2 rings (SSSR count). The van der Waals surface area contributed by atoms with E-state index in [-0.39, 0.29) is 18.1 Å². The van der Waals surface area contributed by atoms with Gasteiger partial charge in [-0.05, 0) is 48.5 Å². The average molecular weight is 273 g/mol. The molecule has 0 aliphatic rings. The van der Waals surface area contributed by atoms with Crippen molar-refractivity contribution in [2.24, 2.45) is 0 Å². The van der Waals surface area contributed by atoms with Gasteiger partial charge in [-0.15, -0.1) is 0 Å². The van der Waals surface area contributed by atoms with Crippen molar-refractivity contribution in [2.45, 2.75) is 0 Å². The number of hydrogen-bond donors (Lipinski definition) is 0. The smallest absolute Gasteiger partial charge is 0.182 e. The molecule has 0 aliphatic heterocycles. The van der Waals surface area contributed by atoms with Gasteiger partial charge in [0.1, 0.15) is 11.6 Å². The highest BCUT2D eigenvalue weighted by Gasteiger charge is 2.10. The first-order chi connectivity index (χ1) is 9.60. The monoisotopic (exact) mass is 273 g/mol. The molecule has 0 aliphatic carbocycles. The number of nitrogens with zero attached hydrogens (tertiary/aromatic N) is 1. The molecule has 0 spiro atoms. The molecule has 0 atom stereocenters. The Morgan fingerprint density at radius 1 is 1.10 bits per heavy atom. The lowest BCUT2D eigenvalue weighted by atomic mass is 10.1. The normalized spacial score (nSPS) is 10.2. The summed E-state index contributed by atoms with van der Waals surface area (Å²) in [6, 6.07) is 13.0. The Hall–Kier alpha value is -2.36. The summed E-state index contributed by atoms with van der Waals surface area (Å²) in [5.41, 5.74) is 1.42.